The van der Waals surface area contributed by atoms with Crippen molar-refractivity contribution in [1.29, 1.82) is 0 Å². The molecule has 0 radical (unpaired) electrons. The van der Waals surface area contributed by atoms with Gasteiger partial charge in [0.15, 0.2) is 0 Å². The van der Waals surface area contributed by atoms with Gasteiger partial charge in [0.1, 0.15) is 12.3 Å². The van der Waals surface area contributed by atoms with Crippen molar-refractivity contribution in [3.05, 3.63) is 82.4 Å². The van der Waals surface area contributed by atoms with E-state index < -0.39 is 39.2 Å². The second kappa shape index (κ2) is 10.2. The van der Waals surface area contributed by atoms with Crippen LogP contribution in [-0.2, 0) is 21.0 Å². The Kier molecular flexibility index (Phi) is 7.66. The molecule has 186 valence electrons. The zero-order valence-corrected chi connectivity index (χ0v) is 20.6. The highest BCUT2D eigenvalue weighted by atomic mass is 35.5. The summed E-state index contributed by atoms with van der Waals surface area (Å²) in [6, 6.07) is 13.8. The highest BCUT2D eigenvalue weighted by molar-refractivity contribution is 7.92. The number of halogens is 4. The molecule has 0 heterocycles. The number of carbonyl (C=O) groups is 1. The number of hydrogen-bond acceptors (Lipinski definition) is 4. The minimum Gasteiger partial charge on any atom is -0.495 e. The molecule has 3 aromatic rings. The summed E-state index contributed by atoms with van der Waals surface area (Å²) in [5.74, 6) is -0.662. The number of carbonyl (C=O) groups excluding carboxylic acids is 1. The molecule has 0 fully saturated rings. The van der Waals surface area contributed by atoms with Crippen LogP contribution in [-0.4, -0.2) is 28.0 Å². The van der Waals surface area contributed by atoms with Crippen molar-refractivity contribution >= 4 is 38.9 Å². The van der Waals surface area contributed by atoms with Gasteiger partial charge in [-0.2, -0.15) is 13.2 Å². The van der Waals surface area contributed by atoms with Crippen LogP contribution in [0.1, 0.15) is 16.7 Å². The van der Waals surface area contributed by atoms with Gasteiger partial charge >= 0.3 is 6.18 Å². The number of methoxy groups -OCH3 is 1. The van der Waals surface area contributed by atoms with Gasteiger partial charge < -0.3 is 10.1 Å². The molecule has 3 aromatic carbocycles. The van der Waals surface area contributed by atoms with Gasteiger partial charge in [0.25, 0.3) is 10.0 Å². The normalized spacial score (nSPS) is 11.7. The van der Waals surface area contributed by atoms with Crippen molar-refractivity contribution < 1.29 is 31.1 Å². The summed E-state index contributed by atoms with van der Waals surface area (Å²) in [5.41, 5.74) is 0.342. The standard InChI is InChI=1S/C24H22ClF3N2O4S/c1-15-4-8-18(9-5-15)35(32,33)30(21-12-16(2)6-11-22(21)34-3)14-23(31)29-17-7-10-20(25)19(13-17)24(26,27)28/h4-13H,14H2,1-3H3,(H,29,31). The first kappa shape index (κ1) is 26.4. The number of sulfonamides is 1. The van der Waals surface area contributed by atoms with E-state index in [4.69, 9.17) is 16.3 Å². The zero-order valence-electron chi connectivity index (χ0n) is 19.0. The summed E-state index contributed by atoms with van der Waals surface area (Å²) in [5, 5.41) is 1.80. The number of aryl methyl sites for hydroxylation is 2. The van der Waals surface area contributed by atoms with Crippen molar-refractivity contribution in [3.63, 3.8) is 0 Å². The van der Waals surface area contributed by atoms with Crippen LogP contribution in [0.4, 0.5) is 24.5 Å². The van der Waals surface area contributed by atoms with E-state index in [1.807, 2.05) is 0 Å². The van der Waals surface area contributed by atoms with Crippen LogP contribution in [0.25, 0.3) is 0 Å². The number of benzene rings is 3. The van der Waals surface area contributed by atoms with Crippen molar-refractivity contribution in [3.8, 4) is 5.75 Å². The van der Waals surface area contributed by atoms with Crippen LogP contribution in [0.15, 0.2) is 65.6 Å². The molecule has 1 amide bonds. The minimum atomic E-state index is -4.73. The molecule has 1 N–H and O–H groups in total. The number of anilines is 2. The SMILES string of the molecule is COc1ccc(C)cc1N(CC(=O)Nc1ccc(Cl)c(C(F)(F)F)c1)S(=O)(=O)c1ccc(C)cc1. The summed E-state index contributed by atoms with van der Waals surface area (Å²) in [6.07, 6.45) is -4.73. The van der Waals surface area contributed by atoms with E-state index in [0.29, 0.717) is 11.6 Å². The van der Waals surface area contributed by atoms with Crippen LogP contribution < -0.4 is 14.4 Å². The maximum absolute atomic E-state index is 13.6. The van der Waals surface area contributed by atoms with E-state index in [1.165, 1.54) is 25.3 Å². The third-order valence-electron chi connectivity index (χ3n) is 5.05. The lowest BCUT2D eigenvalue weighted by Crippen LogP contribution is -2.38. The third-order valence-corrected chi connectivity index (χ3v) is 7.16. The molecule has 0 saturated carbocycles. The van der Waals surface area contributed by atoms with Crippen LogP contribution in [0.5, 0.6) is 5.75 Å². The number of alkyl halides is 3. The lowest BCUT2D eigenvalue weighted by Gasteiger charge is -2.26. The molecule has 6 nitrogen and oxygen atoms in total. The first-order valence-electron chi connectivity index (χ1n) is 10.2. The van der Waals surface area contributed by atoms with Gasteiger partial charge in [0, 0.05) is 5.69 Å². The monoisotopic (exact) mass is 526 g/mol. The van der Waals surface area contributed by atoms with Crippen LogP contribution >= 0.6 is 11.6 Å². The molecule has 0 aliphatic heterocycles. The van der Waals surface area contributed by atoms with Crippen molar-refractivity contribution in [1.82, 2.24) is 0 Å². The zero-order chi connectivity index (χ0) is 26.0. The highest BCUT2D eigenvalue weighted by Crippen LogP contribution is 2.37. The molecule has 0 atom stereocenters. The number of amides is 1. The van der Waals surface area contributed by atoms with Gasteiger partial charge in [-0.1, -0.05) is 35.4 Å². The summed E-state index contributed by atoms with van der Waals surface area (Å²) in [7, 11) is -2.90. The molecule has 0 aliphatic rings. The predicted molar refractivity (Wildman–Crippen MR) is 129 cm³/mol. The smallest absolute Gasteiger partial charge is 0.417 e. The summed E-state index contributed by atoms with van der Waals surface area (Å²) >= 11 is 5.63. The summed E-state index contributed by atoms with van der Waals surface area (Å²) in [6.45, 7) is 2.82. The third kappa shape index (κ3) is 6.07. The maximum atomic E-state index is 13.6. The second-order valence-corrected chi connectivity index (χ2v) is 10.0. The fourth-order valence-corrected chi connectivity index (χ4v) is 4.93. The van der Waals surface area contributed by atoms with Gasteiger partial charge in [0.05, 0.1) is 28.3 Å². The lowest BCUT2D eigenvalue weighted by molar-refractivity contribution is -0.137. The molecular formula is C24H22ClF3N2O4S. The molecule has 35 heavy (non-hydrogen) atoms. The van der Waals surface area contributed by atoms with Crippen LogP contribution in [0.3, 0.4) is 0 Å². The van der Waals surface area contributed by atoms with E-state index in [-0.39, 0.29) is 22.0 Å². The topological polar surface area (TPSA) is 75.7 Å². The highest BCUT2D eigenvalue weighted by Gasteiger charge is 2.34. The predicted octanol–water partition coefficient (Wildman–Crippen LogP) is 5.82. The Morgan fingerprint density at radius 3 is 2.23 bits per heavy atom. The summed E-state index contributed by atoms with van der Waals surface area (Å²) in [4.78, 5) is 12.8. The molecule has 0 bridgehead atoms. The molecule has 11 heteroatoms. The van der Waals surface area contributed by atoms with E-state index in [0.717, 1.165) is 15.9 Å². The van der Waals surface area contributed by atoms with E-state index >= 15 is 0 Å². The molecule has 0 spiro atoms. The number of rotatable bonds is 7. The second-order valence-electron chi connectivity index (χ2n) is 7.74. The molecule has 0 saturated heterocycles. The maximum Gasteiger partial charge on any atom is 0.417 e. The first-order chi connectivity index (χ1) is 16.3. The van der Waals surface area contributed by atoms with Gasteiger partial charge in [-0.15, -0.1) is 0 Å². The Morgan fingerprint density at radius 2 is 1.63 bits per heavy atom. The van der Waals surface area contributed by atoms with Gasteiger partial charge in [-0.05, 0) is 61.9 Å². The lowest BCUT2D eigenvalue weighted by atomic mass is 10.2. The van der Waals surface area contributed by atoms with Gasteiger partial charge in [-0.3, -0.25) is 9.10 Å². The quantitative estimate of drug-likeness (QED) is 0.421. The molecule has 0 unspecified atom stereocenters. The minimum absolute atomic E-state index is 0.0645. The molecule has 0 aliphatic carbocycles. The van der Waals surface area contributed by atoms with Crippen LogP contribution in [0.2, 0.25) is 5.02 Å². The van der Waals surface area contributed by atoms with Gasteiger partial charge in [0.2, 0.25) is 5.91 Å². The largest absolute Gasteiger partial charge is 0.495 e. The van der Waals surface area contributed by atoms with Crippen molar-refractivity contribution in [2.45, 2.75) is 24.9 Å². The fraction of sp³-hybridized carbons (Fsp3) is 0.208. The average Bonchev–Trinajstić information content (AvgIpc) is 2.78. The van der Waals surface area contributed by atoms with Crippen molar-refractivity contribution in [2.75, 3.05) is 23.3 Å². The fourth-order valence-electron chi connectivity index (χ4n) is 3.28. The first-order valence-corrected chi connectivity index (χ1v) is 12.1. The Balaban J connectivity index is 2.02. The number of nitrogens with one attached hydrogen (secondary N) is 1. The average molecular weight is 527 g/mol. The number of nitrogens with zero attached hydrogens (tertiary/aromatic N) is 1. The Labute approximate surface area is 206 Å². The Hall–Kier alpha value is -3.24. The number of hydrogen-bond donors (Lipinski definition) is 1. The van der Waals surface area contributed by atoms with Crippen molar-refractivity contribution in [2.24, 2.45) is 0 Å². The van der Waals surface area contributed by atoms with Crippen LogP contribution in [0, 0.1) is 13.8 Å². The molecule has 0 aromatic heterocycles. The van der Waals surface area contributed by atoms with E-state index in [1.54, 1.807) is 44.2 Å². The summed E-state index contributed by atoms with van der Waals surface area (Å²) < 4.78 is 72.9. The van der Waals surface area contributed by atoms with E-state index in [9.17, 15) is 26.4 Å². The molecule has 3 rings (SSSR count). The van der Waals surface area contributed by atoms with E-state index in [2.05, 4.69) is 5.32 Å². The Morgan fingerprint density at radius 1 is 1.00 bits per heavy atom. The van der Waals surface area contributed by atoms with Gasteiger partial charge in [-0.25, -0.2) is 8.42 Å². The Bertz CT molecular complexity index is 1340. The number of ether oxygens (including phenoxy) is 1. The molecular weight excluding hydrogens is 505 g/mol.